The molecule has 0 aliphatic heterocycles. The lowest BCUT2D eigenvalue weighted by molar-refractivity contribution is -0.114. The SMILES string of the molecule is C=C(C)C(N)=O.N#N. The van der Waals surface area contributed by atoms with Gasteiger partial charge < -0.3 is 5.73 Å². The van der Waals surface area contributed by atoms with E-state index in [4.69, 9.17) is 16.5 Å². The fraction of sp³-hybridized carbons (Fsp3) is 0.250. The van der Waals surface area contributed by atoms with Gasteiger partial charge in [0.15, 0.2) is 0 Å². The van der Waals surface area contributed by atoms with E-state index in [-0.39, 0.29) is 0 Å². The van der Waals surface area contributed by atoms with E-state index in [2.05, 4.69) is 6.58 Å². The van der Waals surface area contributed by atoms with Crippen molar-refractivity contribution in [2.24, 2.45) is 5.73 Å². The van der Waals surface area contributed by atoms with Gasteiger partial charge in [0.05, 0.1) is 0 Å². The smallest absolute Gasteiger partial charge is 0.243 e. The second-order valence-corrected chi connectivity index (χ2v) is 1.14. The maximum Gasteiger partial charge on any atom is 0.243 e. The normalized spacial score (nSPS) is 5.88. The summed E-state index contributed by atoms with van der Waals surface area (Å²) < 4.78 is 0. The highest BCUT2D eigenvalue weighted by Gasteiger charge is 1.86. The largest absolute Gasteiger partial charge is 0.366 e. The minimum atomic E-state index is -0.435. The van der Waals surface area contributed by atoms with Crippen molar-refractivity contribution in [3.8, 4) is 0 Å². The number of nitrogens with zero attached hydrogens (tertiary/aromatic N) is 2. The predicted octanol–water partition coefficient (Wildman–Crippen LogP) is 0.0780. The zero-order valence-corrected chi connectivity index (χ0v) is 4.59. The molecular formula is C4H7N3O. The van der Waals surface area contributed by atoms with E-state index in [1.54, 1.807) is 6.92 Å². The maximum absolute atomic E-state index is 9.82. The van der Waals surface area contributed by atoms with Crippen LogP contribution in [0, 0.1) is 10.8 Å². The van der Waals surface area contributed by atoms with Crippen molar-refractivity contribution in [3.63, 3.8) is 0 Å². The second kappa shape index (κ2) is 5.63. The van der Waals surface area contributed by atoms with E-state index in [1.165, 1.54) is 0 Å². The highest BCUT2D eigenvalue weighted by Crippen LogP contribution is 1.78. The number of rotatable bonds is 1. The molecule has 0 aromatic carbocycles. The molecule has 0 saturated heterocycles. The second-order valence-electron chi connectivity index (χ2n) is 1.14. The third-order valence-corrected chi connectivity index (χ3v) is 0.421. The predicted molar refractivity (Wildman–Crippen MR) is 27.5 cm³/mol. The van der Waals surface area contributed by atoms with Crippen LogP contribution >= 0.6 is 0 Å². The summed E-state index contributed by atoms with van der Waals surface area (Å²) in [5, 5.41) is 12.0. The lowest BCUT2D eigenvalue weighted by Crippen LogP contribution is -2.10. The Bertz CT molecular complexity index is 104. The summed E-state index contributed by atoms with van der Waals surface area (Å²) in [5.41, 5.74) is 5.09. The van der Waals surface area contributed by atoms with E-state index < -0.39 is 5.91 Å². The highest BCUT2D eigenvalue weighted by atomic mass is 16.1. The van der Waals surface area contributed by atoms with Crippen molar-refractivity contribution in [3.05, 3.63) is 12.2 Å². The Morgan fingerprint density at radius 3 is 1.75 bits per heavy atom. The van der Waals surface area contributed by atoms with Crippen LogP contribution in [0.5, 0.6) is 0 Å². The standard InChI is InChI=1S/C4H7NO.N2/c1-3(2)4(5)6;1-2/h1H2,2H3,(H2,5,6);. The van der Waals surface area contributed by atoms with Crippen LogP contribution in [-0.4, -0.2) is 5.91 Å². The molecule has 8 heavy (non-hydrogen) atoms. The van der Waals surface area contributed by atoms with Crippen LogP contribution in [0.15, 0.2) is 12.2 Å². The van der Waals surface area contributed by atoms with Crippen molar-refractivity contribution in [2.45, 2.75) is 6.92 Å². The van der Waals surface area contributed by atoms with E-state index in [9.17, 15) is 4.79 Å². The van der Waals surface area contributed by atoms with E-state index in [0.29, 0.717) is 5.57 Å². The maximum atomic E-state index is 9.82. The molecular weight excluding hydrogens is 106 g/mol. The summed E-state index contributed by atoms with van der Waals surface area (Å²) in [4.78, 5) is 9.82. The molecule has 0 radical (unpaired) electrons. The topological polar surface area (TPSA) is 90.7 Å². The fourth-order valence-electron chi connectivity index (χ4n) is 0. The van der Waals surface area contributed by atoms with Crippen LogP contribution in [0.1, 0.15) is 6.92 Å². The average molecular weight is 113 g/mol. The van der Waals surface area contributed by atoms with Crippen LogP contribution in [0.25, 0.3) is 0 Å². The van der Waals surface area contributed by atoms with Crippen molar-refractivity contribution in [1.82, 2.24) is 0 Å². The molecule has 4 heteroatoms. The third kappa shape index (κ3) is 8.82. The van der Waals surface area contributed by atoms with Gasteiger partial charge in [-0.05, 0) is 6.92 Å². The number of carbonyl (C=O) groups is 1. The molecule has 0 unspecified atom stereocenters. The van der Waals surface area contributed by atoms with Gasteiger partial charge in [0, 0.05) is 16.4 Å². The Morgan fingerprint density at radius 2 is 1.75 bits per heavy atom. The van der Waals surface area contributed by atoms with Crippen LogP contribution < -0.4 is 5.73 Å². The molecule has 0 atom stereocenters. The summed E-state index contributed by atoms with van der Waals surface area (Å²) in [6, 6.07) is 0. The Morgan fingerprint density at radius 1 is 1.62 bits per heavy atom. The fourth-order valence-corrected chi connectivity index (χ4v) is 0. The molecule has 44 valence electrons. The molecule has 0 fully saturated rings. The minimum absolute atomic E-state index is 0.398. The number of nitrogens with two attached hydrogens (primary N) is 1. The summed E-state index contributed by atoms with van der Waals surface area (Å²) in [5.74, 6) is -0.435. The van der Waals surface area contributed by atoms with Crippen LogP contribution in [-0.2, 0) is 4.79 Å². The molecule has 1 amide bonds. The van der Waals surface area contributed by atoms with Gasteiger partial charge in [-0.1, -0.05) is 6.58 Å². The van der Waals surface area contributed by atoms with Gasteiger partial charge in [0.1, 0.15) is 0 Å². The first kappa shape index (κ1) is 9.80. The molecule has 0 heterocycles. The molecule has 0 aromatic rings. The zero-order valence-electron chi connectivity index (χ0n) is 4.59. The summed E-state index contributed by atoms with van der Waals surface area (Å²) in [7, 11) is 0. The van der Waals surface area contributed by atoms with Gasteiger partial charge in [-0.3, -0.25) is 4.79 Å². The van der Waals surface area contributed by atoms with Gasteiger partial charge in [-0.15, -0.1) is 0 Å². The van der Waals surface area contributed by atoms with Crippen LogP contribution in [0.2, 0.25) is 0 Å². The number of amides is 1. The molecule has 0 aliphatic rings. The van der Waals surface area contributed by atoms with Crippen LogP contribution in [0.4, 0.5) is 0 Å². The average Bonchev–Trinajstić information content (AvgIpc) is 1.72. The molecule has 4 nitrogen and oxygen atoms in total. The zero-order chi connectivity index (χ0) is 7.15. The number of carbonyl (C=O) groups excluding carboxylic acids is 1. The lowest BCUT2D eigenvalue weighted by Gasteiger charge is -1.81. The van der Waals surface area contributed by atoms with Gasteiger partial charge >= 0.3 is 0 Å². The van der Waals surface area contributed by atoms with Crippen molar-refractivity contribution < 1.29 is 4.79 Å². The highest BCUT2D eigenvalue weighted by molar-refractivity contribution is 5.90. The monoisotopic (exact) mass is 113 g/mol. The quantitative estimate of drug-likeness (QED) is 0.385. The Labute approximate surface area is 47.4 Å². The molecule has 0 aliphatic carbocycles. The van der Waals surface area contributed by atoms with Crippen molar-refractivity contribution in [1.29, 1.82) is 10.8 Å². The molecule has 0 saturated carbocycles. The summed E-state index contributed by atoms with van der Waals surface area (Å²) in [6.07, 6.45) is 0. The first-order chi connectivity index (χ1) is 3.64. The molecule has 0 bridgehead atoms. The Hall–Kier alpha value is -1.37. The number of primary amides is 1. The van der Waals surface area contributed by atoms with E-state index >= 15 is 0 Å². The first-order valence-electron chi connectivity index (χ1n) is 1.80. The Balaban J connectivity index is 0. The molecule has 0 aromatic heterocycles. The van der Waals surface area contributed by atoms with Gasteiger partial charge in [-0.25, -0.2) is 0 Å². The van der Waals surface area contributed by atoms with E-state index in [0.717, 1.165) is 0 Å². The Kier molecular flexibility index (Phi) is 6.90. The van der Waals surface area contributed by atoms with Crippen LogP contribution in [0.3, 0.4) is 0 Å². The first-order valence-corrected chi connectivity index (χ1v) is 1.80. The summed E-state index contributed by atoms with van der Waals surface area (Å²) >= 11 is 0. The number of hydrogen-bond acceptors (Lipinski definition) is 3. The molecule has 2 N–H and O–H groups in total. The molecule has 0 spiro atoms. The van der Waals surface area contributed by atoms with E-state index in [1.807, 2.05) is 0 Å². The molecule has 0 rings (SSSR count). The van der Waals surface area contributed by atoms with Crippen molar-refractivity contribution >= 4 is 5.91 Å². The van der Waals surface area contributed by atoms with Crippen molar-refractivity contribution in [2.75, 3.05) is 0 Å². The lowest BCUT2D eigenvalue weighted by atomic mass is 10.3. The van der Waals surface area contributed by atoms with Gasteiger partial charge in [0.2, 0.25) is 5.91 Å². The van der Waals surface area contributed by atoms with Gasteiger partial charge in [-0.2, -0.15) is 0 Å². The number of hydrogen-bond donors (Lipinski definition) is 1. The summed E-state index contributed by atoms with van der Waals surface area (Å²) in [6.45, 7) is 4.85. The third-order valence-electron chi connectivity index (χ3n) is 0.421. The van der Waals surface area contributed by atoms with Gasteiger partial charge in [0.25, 0.3) is 0 Å². The minimum Gasteiger partial charge on any atom is -0.366 e.